The van der Waals surface area contributed by atoms with Gasteiger partial charge in [-0.3, -0.25) is 4.79 Å². The molecule has 1 aromatic rings. The van der Waals surface area contributed by atoms with Crippen molar-refractivity contribution in [2.45, 2.75) is 76.7 Å². The third-order valence-electron chi connectivity index (χ3n) is 6.90. The molecule has 1 fully saturated rings. The van der Waals surface area contributed by atoms with Gasteiger partial charge in [-0.2, -0.15) is 0 Å². The summed E-state index contributed by atoms with van der Waals surface area (Å²) in [6.45, 7) is 1.64. The molecule has 3 heterocycles. The van der Waals surface area contributed by atoms with Gasteiger partial charge in [0, 0.05) is 25.5 Å². The van der Waals surface area contributed by atoms with Crippen molar-refractivity contribution in [3.63, 3.8) is 0 Å². The van der Waals surface area contributed by atoms with E-state index in [1.807, 2.05) is 0 Å². The second kappa shape index (κ2) is 12.9. The lowest BCUT2D eigenvalue weighted by molar-refractivity contribution is -0.150. The van der Waals surface area contributed by atoms with E-state index in [0.717, 1.165) is 63.0 Å². The van der Waals surface area contributed by atoms with Crippen LogP contribution in [0.5, 0.6) is 0 Å². The normalized spacial score (nSPS) is 18.0. The smallest absolute Gasteiger partial charge is 0.328 e. The molecule has 1 atom stereocenters. The number of unbranched alkanes of at least 4 members (excludes halogenated alkanes) is 4. The molecule has 0 radical (unpaired) electrons. The number of hydrogen-bond donors (Lipinski definition) is 3. The average Bonchev–Trinajstić information content (AvgIpc) is 2.87. The third kappa shape index (κ3) is 7.14. The van der Waals surface area contributed by atoms with Crippen LogP contribution in [0, 0.1) is 5.41 Å². The Hall–Kier alpha value is -2.19. The van der Waals surface area contributed by atoms with Crippen molar-refractivity contribution < 1.29 is 24.2 Å². The van der Waals surface area contributed by atoms with E-state index in [1.54, 1.807) is 0 Å². The predicted octanol–water partition coefficient (Wildman–Crippen LogP) is 2.77. The molecule has 1 aromatic heterocycles. The number of hydrogen-bond acceptors (Lipinski definition) is 7. The molecule has 184 valence electrons. The van der Waals surface area contributed by atoms with Crippen LogP contribution in [-0.4, -0.2) is 61.5 Å². The highest BCUT2D eigenvalue weighted by Crippen LogP contribution is 2.30. The van der Waals surface area contributed by atoms with E-state index >= 15 is 0 Å². The first-order chi connectivity index (χ1) is 16.1. The number of carbonyl (C=O) groups excluding carboxylic acids is 2. The lowest BCUT2D eigenvalue weighted by atomic mass is 9.80. The highest BCUT2D eigenvalue weighted by molar-refractivity contribution is 5.88. The van der Waals surface area contributed by atoms with E-state index < -0.39 is 17.4 Å². The molecule has 8 nitrogen and oxygen atoms in total. The number of aromatic nitrogens is 1. The zero-order chi connectivity index (χ0) is 23.5. The number of ether oxygens (including phenoxy) is 2. The molecule has 1 saturated heterocycles. The fourth-order valence-electron chi connectivity index (χ4n) is 4.61. The van der Waals surface area contributed by atoms with Gasteiger partial charge in [-0.25, -0.2) is 9.78 Å². The summed E-state index contributed by atoms with van der Waals surface area (Å²) in [5, 5.41) is 16.0. The van der Waals surface area contributed by atoms with Gasteiger partial charge in [-0.1, -0.05) is 31.7 Å². The highest BCUT2D eigenvalue weighted by atomic mass is 16.5. The number of fused-ring (bicyclic) bond motifs is 1. The molecule has 0 aromatic carbocycles. The molecule has 3 rings (SSSR count). The molecule has 2 aliphatic rings. The van der Waals surface area contributed by atoms with Gasteiger partial charge >= 0.3 is 5.97 Å². The lowest BCUT2D eigenvalue weighted by Gasteiger charge is -2.35. The van der Waals surface area contributed by atoms with E-state index in [0.29, 0.717) is 32.5 Å². The number of carbonyl (C=O) groups is 2. The minimum Gasteiger partial charge on any atom is -0.467 e. The number of rotatable bonds is 12. The Morgan fingerprint density at radius 1 is 1.21 bits per heavy atom. The Morgan fingerprint density at radius 3 is 2.73 bits per heavy atom. The van der Waals surface area contributed by atoms with Crippen LogP contribution in [0.2, 0.25) is 0 Å². The summed E-state index contributed by atoms with van der Waals surface area (Å²) in [6, 6.07) is 3.67. The fraction of sp³-hybridized carbons (Fsp3) is 0.720. The minimum atomic E-state index is -0.870. The summed E-state index contributed by atoms with van der Waals surface area (Å²) in [5.74, 6) is 0.338. The number of anilines is 1. The van der Waals surface area contributed by atoms with Crippen molar-refractivity contribution in [2.75, 3.05) is 38.8 Å². The van der Waals surface area contributed by atoms with Crippen LogP contribution in [-0.2, 0) is 31.9 Å². The van der Waals surface area contributed by atoms with Crippen molar-refractivity contribution in [3.05, 3.63) is 23.4 Å². The van der Waals surface area contributed by atoms with E-state index in [2.05, 4.69) is 22.8 Å². The molecule has 1 amide bonds. The van der Waals surface area contributed by atoms with Gasteiger partial charge in [0.1, 0.15) is 11.9 Å². The van der Waals surface area contributed by atoms with Crippen LogP contribution in [0.4, 0.5) is 5.82 Å². The maximum atomic E-state index is 12.8. The number of amides is 1. The standard InChI is InChI=1S/C25H39N3O5/c1-32-23(30)21(28-24(31)25(18-29)13-16-33-17-14-25)10-6-4-2-3-5-9-20-12-11-19-8-7-15-26-22(19)27-20/h11-12,21,29H,2-10,13-18H2,1H3,(H,26,27)(H,28,31)/t21-/m0/s1. The summed E-state index contributed by atoms with van der Waals surface area (Å²) in [4.78, 5) is 29.8. The van der Waals surface area contributed by atoms with Crippen LogP contribution in [0.25, 0.3) is 0 Å². The van der Waals surface area contributed by atoms with Crippen molar-refractivity contribution in [3.8, 4) is 0 Å². The predicted molar refractivity (Wildman–Crippen MR) is 126 cm³/mol. The van der Waals surface area contributed by atoms with E-state index in [-0.39, 0.29) is 12.5 Å². The third-order valence-corrected chi connectivity index (χ3v) is 6.90. The largest absolute Gasteiger partial charge is 0.467 e. The second-order valence-corrected chi connectivity index (χ2v) is 9.25. The number of methoxy groups -OCH3 is 1. The first-order valence-electron chi connectivity index (χ1n) is 12.4. The summed E-state index contributed by atoms with van der Waals surface area (Å²) in [7, 11) is 1.34. The quantitative estimate of drug-likeness (QED) is 0.324. The zero-order valence-corrected chi connectivity index (χ0v) is 19.9. The molecule has 3 N–H and O–H groups in total. The van der Waals surface area contributed by atoms with Crippen molar-refractivity contribution >= 4 is 17.7 Å². The lowest BCUT2D eigenvalue weighted by Crippen LogP contribution is -2.52. The van der Waals surface area contributed by atoms with E-state index in [9.17, 15) is 14.7 Å². The van der Waals surface area contributed by atoms with Crippen LogP contribution >= 0.6 is 0 Å². The number of aliphatic hydroxyl groups excluding tert-OH is 1. The van der Waals surface area contributed by atoms with Crippen LogP contribution in [0.1, 0.15) is 69.0 Å². The topological polar surface area (TPSA) is 110 Å². The zero-order valence-electron chi connectivity index (χ0n) is 19.9. The van der Waals surface area contributed by atoms with E-state index in [1.165, 1.54) is 19.1 Å². The summed E-state index contributed by atoms with van der Waals surface area (Å²) in [6.07, 6.45) is 9.79. The molecular formula is C25H39N3O5. The SMILES string of the molecule is COC(=O)[C@H](CCCCCCCc1ccc2c(n1)NCCC2)NC(=O)C1(CO)CCOCC1. The van der Waals surface area contributed by atoms with Gasteiger partial charge in [0.2, 0.25) is 5.91 Å². The summed E-state index contributed by atoms with van der Waals surface area (Å²) in [5.41, 5.74) is 1.59. The Labute approximate surface area is 196 Å². The fourth-order valence-corrected chi connectivity index (χ4v) is 4.61. The van der Waals surface area contributed by atoms with Crippen LogP contribution < -0.4 is 10.6 Å². The van der Waals surface area contributed by atoms with Gasteiger partial charge in [0.25, 0.3) is 0 Å². The van der Waals surface area contributed by atoms with Crippen molar-refractivity contribution in [1.29, 1.82) is 0 Å². The Kier molecular flexibility index (Phi) is 9.94. The molecule has 0 aliphatic carbocycles. The molecule has 8 heteroatoms. The Bertz CT molecular complexity index is 779. The molecule has 33 heavy (non-hydrogen) atoms. The average molecular weight is 462 g/mol. The van der Waals surface area contributed by atoms with Crippen molar-refractivity contribution in [1.82, 2.24) is 10.3 Å². The number of aliphatic hydroxyl groups is 1. The summed E-state index contributed by atoms with van der Waals surface area (Å²) < 4.78 is 10.2. The number of nitrogens with one attached hydrogen (secondary N) is 2. The second-order valence-electron chi connectivity index (χ2n) is 9.25. The minimum absolute atomic E-state index is 0.245. The van der Waals surface area contributed by atoms with Gasteiger partial charge in [0.15, 0.2) is 0 Å². The number of aryl methyl sites for hydroxylation is 2. The maximum absolute atomic E-state index is 12.8. The van der Waals surface area contributed by atoms with Gasteiger partial charge < -0.3 is 25.2 Å². The van der Waals surface area contributed by atoms with Crippen LogP contribution in [0.3, 0.4) is 0 Å². The van der Waals surface area contributed by atoms with Crippen LogP contribution in [0.15, 0.2) is 12.1 Å². The molecule has 0 bridgehead atoms. The highest BCUT2D eigenvalue weighted by Gasteiger charge is 2.41. The van der Waals surface area contributed by atoms with Gasteiger partial charge in [-0.15, -0.1) is 0 Å². The number of esters is 1. The van der Waals surface area contributed by atoms with Gasteiger partial charge in [-0.05, 0) is 56.6 Å². The molecular weight excluding hydrogens is 422 g/mol. The first kappa shape index (κ1) is 25.4. The molecule has 0 saturated carbocycles. The molecule has 0 unspecified atom stereocenters. The monoisotopic (exact) mass is 461 g/mol. The van der Waals surface area contributed by atoms with E-state index in [4.69, 9.17) is 14.5 Å². The molecule has 2 aliphatic heterocycles. The first-order valence-corrected chi connectivity index (χ1v) is 12.4. The Morgan fingerprint density at radius 2 is 1.97 bits per heavy atom. The summed E-state index contributed by atoms with van der Waals surface area (Å²) >= 11 is 0. The maximum Gasteiger partial charge on any atom is 0.328 e. The Balaban J connectivity index is 1.36. The number of nitrogens with zero attached hydrogens (tertiary/aromatic N) is 1. The number of pyridine rings is 1. The van der Waals surface area contributed by atoms with Gasteiger partial charge in [0.05, 0.1) is 19.1 Å². The van der Waals surface area contributed by atoms with Crippen molar-refractivity contribution in [2.24, 2.45) is 5.41 Å². The molecule has 0 spiro atoms.